The van der Waals surface area contributed by atoms with Crippen molar-refractivity contribution in [2.75, 3.05) is 0 Å². The van der Waals surface area contributed by atoms with Crippen LogP contribution in [-0.4, -0.2) is 16.1 Å². The number of aliphatic imine (C=N–C) groups is 2. The van der Waals surface area contributed by atoms with Gasteiger partial charge in [0.25, 0.3) is 0 Å². The SMILES string of the molecule is CC1C/C=C(\n2c3ccccc3c3ccccc32)N=C(c2ccc(C3CCc4cc5ccccc5cc4-c4ccccc43)c3oc4ccccc4c23)N=C1c1cccc2oc3ccccc3c12. The Morgan fingerprint density at radius 3 is 1.91 bits per heavy atom. The van der Waals surface area contributed by atoms with E-state index in [2.05, 4.69) is 193 Å². The predicted octanol–water partition coefficient (Wildman–Crippen LogP) is 16.3. The fraction of sp³-hybridized carbons (Fsp3) is 0.0968. The third-order valence-electron chi connectivity index (χ3n) is 14.5. The maximum atomic E-state index is 7.13. The van der Waals surface area contributed by atoms with Gasteiger partial charge in [0.15, 0.2) is 5.84 Å². The fourth-order valence-electron chi connectivity index (χ4n) is 11.4. The lowest BCUT2D eigenvalue weighted by Crippen LogP contribution is -2.18. The van der Waals surface area contributed by atoms with Crippen molar-refractivity contribution in [1.82, 2.24) is 4.57 Å². The predicted molar refractivity (Wildman–Crippen MR) is 278 cm³/mol. The Bertz CT molecular complexity index is 4060. The number of benzene rings is 9. The van der Waals surface area contributed by atoms with Gasteiger partial charge in [-0.25, -0.2) is 9.98 Å². The molecule has 3 aromatic heterocycles. The Balaban J connectivity index is 1.03. The minimum Gasteiger partial charge on any atom is -0.456 e. The van der Waals surface area contributed by atoms with E-state index in [-0.39, 0.29) is 11.8 Å². The van der Waals surface area contributed by atoms with Gasteiger partial charge in [-0.3, -0.25) is 4.57 Å². The zero-order valence-electron chi connectivity index (χ0n) is 36.9. The van der Waals surface area contributed by atoms with Gasteiger partial charge in [0.2, 0.25) is 0 Å². The summed E-state index contributed by atoms with van der Waals surface area (Å²) in [6.45, 7) is 2.29. The van der Waals surface area contributed by atoms with Crippen molar-refractivity contribution in [2.45, 2.75) is 32.1 Å². The highest BCUT2D eigenvalue weighted by Crippen LogP contribution is 2.47. The largest absolute Gasteiger partial charge is 0.456 e. The first-order valence-corrected chi connectivity index (χ1v) is 23.5. The molecule has 318 valence electrons. The van der Waals surface area contributed by atoms with Gasteiger partial charge in [0, 0.05) is 60.8 Å². The molecule has 14 rings (SSSR count). The molecule has 1 aliphatic carbocycles. The molecule has 5 nitrogen and oxygen atoms in total. The smallest absolute Gasteiger partial charge is 0.162 e. The number of furan rings is 2. The zero-order valence-corrected chi connectivity index (χ0v) is 36.9. The summed E-state index contributed by atoms with van der Waals surface area (Å²) in [5.74, 6) is 1.61. The van der Waals surface area contributed by atoms with Crippen molar-refractivity contribution < 1.29 is 8.83 Å². The minimum atomic E-state index is 0.0319. The summed E-state index contributed by atoms with van der Waals surface area (Å²) < 4.78 is 15.9. The molecule has 67 heavy (non-hydrogen) atoms. The molecule has 9 aromatic carbocycles. The van der Waals surface area contributed by atoms with E-state index in [1.54, 1.807) is 0 Å². The molecule has 0 fully saturated rings. The average Bonchev–Trinajstić information content (AvgIpc) is 4.03. The monoisotopic (exact) mass is 861 g/mol. The molecule has 0 bridgehead atoms. The number of aromatic nitrogens is 1. The van der Waals surface area contributed by atoms with E-state index in [0.29, 0.717) is 5.84 Å². The molecule has 0 spiro atoms. The summed E-state index contributed by atoms with van der Waals surface area (Å²) in [5.41, 5.74) is 15.1. The van der Waals surface area contributed by atoms with Gasteiger partial charge in [-0.05, 0) is 101 Å². The van der Waals surface area contributed by atoms with Crippen LogP contribution in [0, 0.1) is 5.92 Å². The lowest BCUT2D eigenvalue weighted by atomic mass is 9.84. The molecule has 12 aromatic rings. The molecule has 0 amide bonds. The Kier molecular flexibility index (Phi) is 8.45. The van der Waals surface area contributed by atoms with E-state index < -0.39 is 0 Å². The minimum absolute atomic E-state index is 0.0319. The first kappa shape index (κ1) is 38.0. The highest BCUT2D eigenvalue weighted by Gasteiger charge is 2.30. The first-order chi connectivity index (χ1) is 33.1. The second-order valence-corrected chi connectivity index (χ2v) is 18.3. The van der Waals surface area contributed by atoms with Crippen molar-refractivity contribution in [3.8, 4) is 11.1 Å². The summed E-state index contributed by atoms with van der Waals surface area (Å²) in [7, 11) is 0. The Hall–Kier alpha value is -8.28. The Morgan fingerprint density at radius 2 is 1.12 bits per heavy atom. The van der Waals surface area contributed by atoms with Crippen LogP contribution in [0.4, 0.5) is 0 Å². The van der Waals surface area contributed by atoms with Crippen LogP contribution < -0.4 is 0 Å². The van der Waals surface area contributed by atoms with Crippen LogP contribution in [0.5, 0.6) is 0 Å². The number of nitrogens with zero attached hydrogens (tertiary/aromatic N) is 3. The van der Waals surface area contributed by atoms with Crippen molar-refractivity contribution >= 4 is 93.8 Å². The van der Waals surface area contributed by atoms with Crippen LogP contribution in [0.3, 0.4) is 0 Å². The van der Waals surface area contributed by atoms with Gasteiger partial charge in [-0.2, -0.15) is 0 Å². The van der Waals surface area contributed by atoms with Gasteiger partial charge < -0.3 is 8.83 Å². The first-order valence-electron chi connectivity index (χ1n) is 23.5. The Labute approximate surface area is 386 Å². The van der Waals surface area contributed by atoms with Crippen LogP contribution in [0.2, 0.25) is 0 Å². The lowest BCUT2D eigenvalue weighted by Gasteiger charge is -2.21. The molecule has 0 saturated carbocycles. The van der Waals surface area contributed by atoms with Crippen LogP contribution in [-0.2, 0) is 6.42 Å². The van der Waals surface area contributed by atoms with Gasteiger partial charge >= 0.3 is 0 Å². The van der Waals surface area contributed by atoms with Crippen LogP contribution in [0.1, 0.15) is 53.5 Å². The highest BCUT2D eigenvalue weighted by molar-refractivity contribution is 6.26. The maximum absolute atomic E-state index is 7.13. The summed E-state index contributed by atoms with van der Waals surface area (Å²) in [4.78, 5) is 11.6. The maximum Gasteiger partial charge on any atom is 0.162 e. The number of allylic oxidation sites excluding steroid dienone is 1. The molecule has 1 aliphatic heterocycles. The molecule has 5 heteroatoms. The highest BCUT2D eigenvalue weighted by atomic mass is 16.3. The molecule has 0 radical (unpaired) electrons. The van der Waals surface area contributed by atoms with Crippen LogP contribution >= 0.6 is 0 Å². The molecular weight excluding hydrogens is 819 g/mol. The summed E-state index contributed by atoms with van der Waals surface area (Å²) in [6.07, 6.45) is 4.94. The normalized spacial score (nSPS) is 17.3. The van der Waals surface area contributed by atoms with Crippen molar-refractivity contribution in [3.05, 3.63) is 222 Å². The lowest BCUT2D eigenvalue weighted by molar-refractivity contribution is 0.647. The topological polar surface area (TPSA) is 55.9 Å². The standard InChI is InChI=1S/C62H43N3O2/c1-37-29-34-57(65-52-24-10-6-19-44(52)45-20-7-11-25-53(45)65)63-62(64-60(37)49-23-14-28-56-58(49)47-21-8-12-26-54(47)66-56)50-33-32-46(61-59(50)48-22-9-13-27-55(48)67-61)43-31-30-40-35-38-15-2-3-16-39(38)36-51(40)42-18-5-4-17-41(42)43/h2-28,32-37,43H,29-31H2,1H3/b57-34-,63-62?,64-60?. The van der Waals surface area contributed by atoms with E-state index in [1.807, 2.05) is 12.1 Å². The molecule has 0 N–H and O–H groups in total. The molecular formula is C62H43N3O2. The van der Waals surface area contributed by atoms with E-state index in [1.165, 1.54) is 49.4 Å². The van der Waals surface area contributed by atoms with Crippen molar-refractivity contribution in [2.24, 2.45) is 15.9 Å². The average molecular weight is 862 g/mol. The number of hydrogen-bond acceptors (Lipinski definition) is 4. The van der Waals surface area contributed by atoms with E-state index in [0.717, 1.165) is 96.8 Å². The van der Waals surface area contributed by atoms with E-state index in [9.17, 15) is 0 Å². The summed E-state index contributed by atoms with van der Waals surface area (Å²) >= 11 is 0. The van der Waals surface area contributed by atoms with Crippen LogP contribution in [0.15, 0.2) is 213 Å². The number of para-hydroxylation sites is 4. The second kappa shape index (κ2) is 14.9. The van der Waals surface area contributed by atoms with E-state index >= 15 is 0 Å². The second-order valence-electron chi connectivity index (χ2n) is 18.3. The van der Waals surface area contributed by atoms with Gasteiger partial charge in [0.05, 0.1) is 16.7 Å². The third kappa shape index (κ3) is 5.87. The zero-order chi connectivity index (χ0) is 44.2. The van der Waals surface area contributed by atoms with E-state index in [4.69, 9.17) is 18.8 Å². The van der Waals surface area contributed by atoms with Gasteiger partial charge in [-0.15, -0.1) is 0 Å². The molecule has 2 unspecified atom stereocenters. The van der Waals surface area contributed by atoms with Crippen molar-refractivity contribution in [1.29, 1.82) is 0 Å². The molecule has 2 aliphatic rings. The quantitative estimate of drug-likeness (QED) is 0.177. The number of rotatable bonds is 4. The van der Waals surface area contributed by atoms with Crippen LogP contribution in [0.25, 0.3) is 93.4 Å². The van der Waals surface area contributed by atoms with Crippen molar-refractivity contribution in [3.63, 3.8) is 0 Å². The molecule has 2 atom stereocenters. The third-order valence-corrected chi connectivity index (χ3v) is 14.5. The van der Waals surface area contributed by atoms with Gasteiger partial charge in [-0.1, -0.05) is 153 Å². The summed E-state index contributed by atoms with van der Waals surface area (Å²) in [5, 5.41) is 9.16. The Morgan fingerprint density at radius 1 is 0.493 bits per heavy atom. The number of hydrogen-bond donors (Lipinski definition) is 0. The van der Waals surface area contributed by atoms with Gasteiger partial charge in [0.1, 0.15) is 28.2 Å². The number of aryl methyl sites for hydroxylation is 1. The number of fused-ring (bicyclic) bond motifs is 13. The fourth-order valence-corrected chi connectivity index (χ4v) is 11.4. The molecule has 0 saturated heterocycles. The number of amidine groups is 1. The summed E-state index contributed by atoms with van der Waals surface area (Å²) in [6, 6.07) is 67.5. The molecule has 4 heterocycles.